The normalized spacial score (nSPS) is 12.5. The van der Waals surface area contributed by atoms with E-state index in [9.17, 15) is 14.4 Å². The molecule has 0 aromatic heterocycles. The summed E-state index contributed by atoms with van der Waals surface area (Å²) in [7, 11) is 0. The highest BCUT2D eigenvalue weighted by Gasteiger charge is 2.27. The van der Waals surface area contributed by atoms with Gasteiger partial charge in [-0.3, -0.25) is 19.8 Å². The molecule has 0 saturated carbocycles. The van der Waals surface area contributed by atoms with Crippen LogP contribution >= 0.6 is 0 Å². The molecular formula is C29H40N6O3. The Morgan fingerprint density at radius 1 is 0.842 bits per heavy atom. The van der Waals surface area contributed by atoms with E-state index in [0.717, 1.165) is 17.5 Å². The minimum absolute atomic E-state index is 0.0820. The lowest BCUT2D eigenvalue weighted by atomic mass is 10.0. The number of amides is 3. The third kappa shape index (κ3) is 12.2. The van der Waals surface area contributed by atoms with E-state index < -0.39 is 23.9 Å². The van der Waals surface area contributed by atoms with Gasteiger partial charge >= 0.3 is 0 Å². The summed E-state index contributed by atoms with van der Waals surface area (Å²) in [5.74, 6) is -0.987. The maximum Gasteiger partial charge on any atom is 0.244 e. The van der Waals surface area contributed by atoms with Gasteiger partial charge < -0.3 is 27.0 Å². The van der Waals surface area contributed by atoms with Crippen molar-refractivity contribution < 1.29 is 14.4 Å². The van der Waals surface area contributed by atoms with Crippen LogP contribution in [0, 0.1) is 11.3 Å². The topological polar surface area (TPSA) is 149 Å². The van der Waals surface area contributed by atoms with E-state index in [4.69, 9.17) is 11.1 Å². The number of rotatable bonds is 15. The van der Waals surface area contributed by atoms with Crippen molar-refractivity contribution in [3.63, 3.8) is 0 Å². The predicted molar refractivity (Wildman–Crippen MR) is 151 cm³/mol. The molecule has 7 N–H and O–H groups in total. The van der Waals surface area contributed by atoms with Gasteiger partial charge in [0.1, 0.15) is 12.1 Å². The summed E-state index contributed by atoms with van der Waals surface area (Å²) in [6.07, 6.45) is 5.28. The Kier molecular flexibility index (Phi) is 13.1. The van der Waals surface area contributed by atoms with Gasteiger partial charge in [-0.2, -0.15) is 0 Å². The second-order valence-corrected chi connectivity index (χ2v) is 9.52. The molecule has 0 heterocycles. The Bertz CT molecular complexity index is 1060. The number of hydrogen-bond acceptors (Lipinski definition) is 4. The molecule has 2 aromatic rings. The molecule has 38 heavy (non-hydrogen) atoms. The minimum atomic E-state index is -0.856. The molecule has 0 spiro atoms. The van der Waals surface area contributed by atoms with Gasteiger partial charge in [-0.25, -0.2) is 0 Å². The van der Waals surface area contributed by atoms with Crippen LogP contribution in [-0.2, 0) is 20.8 Å². The summed E-state index contributed by atoms with van der Waals surface area (Å²) in [6, 6.07) is 17.3. The molecule has 2 rings (SSSR count). The Hall–Kier alpha value is -4.14. The Balaban J connectivity index is 2.05. The van der Waals surface area contributed by atoms with E-state index in [2.05, 4.69) is 21.3 Å². The van der Waals surface area contributed by atoms with Crippen LogP contribution in [-0.4, -0.2) is 48.9 Å². The molecule has 0 aliphatic rings. The van der Waals surface area contributed by atoms with Gasteiger partial charge in [-0.15, -0.1) is 0 Å². The van der Waals surface area contributed by atoms with Crippen LogP contribution in [0.1, 0.15) is 44.2 Å². The standard InChI is InChI=1S/C29H40N6O3/c1-21(2)19-24(27(37)32-17-9-10-18-33-29(30)31)35-28(38)25(20-23-13-7-4-8-14-23)34-26(36)16-15-22-11-5-3-6-12-22/h3-8,11-16,21,24-25H,9-10,17-20H2,1-2H3,(H,32,37)(H,34,36)(H,35,38)(H4,30,31,33)/b16-15+. The molecule has 9 heteroatoms. The summed E-state index contributed by atoms with van der Waals surface area (Å²) < 4.78 is 0. The zero-order chi connectivity index (χ0) is 27.8. The Labute approximate surface area is 225 Å². The zero-order valence-electron chi connectivity index (χ0n) is 22.2. The van der Waals surface area contributed by atoms with Crippen LogP contribution < -0.4 is 27.0 Å². The maximum atomic E-state index is 13.4. The first-order valence-corrected chi connectivity index (χ1v) is 13.0. The van der Waals surface area contributed by atoms with Crippen LogP contribution in [0.15, 0.2) is 66.7 Å². The molecule has 0 radical (unpaired) electrons. The lowest BCUT2D eigenvalue weighted by molar-refractivity contribution is -0.131. The third-order valence-electron chi connectivity index (χ3n) is 5.70. The molecule has 2 aromatic carbocycles. The van der Waals surface area contributed by atoms with Crippen molar-refractivity contribution in [2.24, 2.45) is 11.7 Å². The van der Waals surface area contributed by atoms with Gasteiger partial charge in [0.2, 0.25) is 17.7 Å². The maximum absolute atomic E-state index is 13.4. The number of carbonyl (C=O) groups is 3. The summed E-state index contributed by atoms with van der Waals surface area (Å²) in [4.78, 5) is 39.0. The van der Waals surface area contributed by atoms with E-state index in [1.807, 2.05) is 74.5 Å². The largest absolute Gasteiger partial charge is 0.370 e. The number of unbranched alkanes of at least 4 members (excludes halogenated alkanes) is 1. The highest BCUT2D eigenvalue weighted by Crippen LogP contribution is 2.09. The summed E-state index contributed by atoms with van der Waals surface area (Å²) in [5, 5.41) is 18.5. The summed E-state index contributed by atoms with van der Waals surface area (Å²) in [5.41, 5.74) is 7.03. The van der Waals surface area contributed by atoms with Crippen molar-refractivity contribution in [3.05, 3.63) is 77.9 Å². The predicted octanol–water partition coefficient (Wildman–Crippen LogP) is 2.34. The second-order valence-electron chi connectivity index (χ2n) is 9.52. The molecule has 0 aliphatic carbocycles. The first-order chi connectivity index (χ1) is 18.2. The fourth-order valence-corrected chi connectivity index (χ4v) is 3.80. The molecule has 204 valence electrons. The molecule has 2 unspecified atom stereocenters. The number of nitrogens with two attached hydrogens (primary N) is 1. The Morgan fingerprint density at radius 2 is 1.45 bits per heavy atom. The molecule has 0 aliphatic heterocycles. The fraction of sp³-hybridized carbons (Fsp3) is 0.379. The van der Waals surface area contributed by atoms with E-state index in [-0.39, 0.29) is 24.2 Å². The zero-order valence-corrected chi connectivity index (χ0v) is 22.2. The van der Waals surface area contributed by atoms with E-state index in [1.165, 1.54) is 6.08 Å². The van der Waals surface area contributed by atoms with Gasteiger partial charge in [0.25, 0.3) is 0 Å². The van der Waals surface area contributed by atoms with E-state index >= 15 is 0 Å². The van der Waals surface area contributed by atoms with Gasteiger partial charge in [0, 0.05) is 25.6 Å². The quantitative estimate of drug-likeness (QED) is 0.0923. The first-order valence-electron chi connectivity index (χ1n) is 13.0. The number of nitrogens with one attached hydrogen (secondary N) is 5. The van der Waals surface area contributed by atoms with Crippen molar-refractivity contribution in [1.29, 1.82) is 5.41 Å². The number of hydrogen-bond donors (Lipinski definition) is 6. The van der Waals surface area contributed by atoms with Gasteiger partial charge in [-0.05, 0) is 42.4 Å². The van der Waals surface area contributed by atoms with Crippen molar-refractivity contribution >= 4 is 29.8 Å². The summed E-state index contributed by atoms with van der Waals surface area (Å²) in [6.45, 7) is 4.96. The monoisotopic (exact) mass is 520 g/mol. The highest BCUT2D eigenvalue weighted by atomic mass is 16.2. The molecule has 2 atom stereocenters. The Morgan fingerprint density at radius 3 is 2.05 bits per heavy atom. The van der Waals surface area contributed by atoms with Crippen molar-refractivity contribution in [2.75, 3.05) is 13.1 Å². The number of carbonyl (C=O) groups excluding carboxylic acids is 3. The third-order valence-corrected chi connectivity index (χ3v) is 5.70. The molecular weight excluding hydrogens is 480 g/mol. The molecule has 3 amide bonds. The van der Waals surface area contributed by atoms with Gasteiger partial charge in [0.05, 0.1) is 0 Å². The minimum Gasteiger partial charge on any atom is -0.370 e. The van der Waals surface area contributed by atoms with Gasteiger partial charge in [-0.1, -0.05) is 74.5 Å². The van der Waals surface area contributed by atoms with Crippen molar-refractivity contribution in [2.45, 2.75) is 51.6 Å². The van der Waals surface area contributed by atoms with Crippen LogP contribution in [0.3, 0.4) is 0 Å². The van der Waals surface area contributed by atoms with Crippen LogP contribution in [0.5, 0.6) is 0 Å². The lowest BCUT2D eigenvalue weighted by Gasteiger charge is -2.24. The summed E-state index contributed by atoms with van der Waals surface area (Å²) >= 11 is 0. The average Bonchev–Trinajstić information content (AvgIpc) is 2.89. The molecule has 0 bridgehead atoms. The van der Waals surface area contributed by atoms with Crippen molar-refractivity contribution in [1.82, 2.24) is 21.3 Å². The van der Waals surface area contributed by atoms with E-state index in [1.54, 1.807) is 6.08 Å². The van der Waals surface area contributed by atoms with Crippen LogP contribution in [0.2, 0.25) is 0 Å². The highest BCUT2D eigenvalue weighted by molar-refractivity contribution is 5.96. The smallest absolute Gasteiger partial charge is 0.244 e. The lowest BCUT2D eigenvalue weighted by Crippen LogP contribution is -2.54. The fourth-order valence-electron chi connectivity index (χ4n) is 3.80. The van der Waals surface area contributed by atoms with Crippen molar-refractivity contribution in [3.8, 4) is 0 Å². The molecule has 9 nitrogen and oxygen atoms in total. The van der Waals surface area contributed by atoms with Crippen LogP contribution in [0.4, 0.5) is 0 Å². The number of guanidine groups is 1. The molecule has 0 saturated heterocycles. The van der Waals surface area contributed by atoms with E-state index in [0.29, 0.717) is 25.9 Å². The van der Waals surface area contributed by atoms with Crippen LogP contribution in [0.25, 0.3) is 6.08 Å². The second kappa shape index (κ2) is 16.6. The SMILES string of the molecule is CC(C)CC(NC(=O)C(Cc1ccccc1)NC(=O)/C=C/c1ccccc1)C(=O)NCCCCNC(=N)N. The molecule has 0 fully saturated rings. The average molecular weight is 521 g/mol. The first kappa shape index (κ1) is 30.1. The van der Waals surface area contributed by atoms with Gasteiger partial charge in [0.15, 0.2) is 5.96 Å². The number of benzene rings is 2.